The van der Waals surface area contributed by atoms with Gasteiger partial charge in [-0.3, -0.25) is 0 Å². The molecule has 0 atom stereocenters. The lowest BCUT2D eigenvalue weighted by Gasteiger charge is -2.45. The van der Waals surface area contributed by atoms with Gasteiger partial charge < -0.3 is 5.32 Å². The smallest absolute Gasteiger partial charge is 0.0652 e. The first kappa shape index (κ1) is 15.0. The molecule has 0 saturated heterocycles. The van der Waals surface area contributed by atoms with Crippen LogP contribution < -0.4 is 5.32 Å². The first-order valence-electron chi connectivity index (χ1n) is 6.89. The predicted molar refractivity (Wildman–Crippen MR) is 85.3 cm³/mol. The highest BCUT2D eigenvalue weighted by Crippen LogP contribution is 2.46. The third kappa shape index (κ3) is 4.03. The molecule has 1 aromatic carbocycles. The Kier molecular flexibility index (Phi) is 4.09. The maximum Gasteiger partial charge on any atom is 0.0652 e. The highest BCUT2D eigenvalue weighted by Gasteiger charge is 2.38. The Hall–Kier alpha value is -0.400. The molecule has 1 fully saturated rings. The van der Waals surface area contributed by atoms with Crippen LogP contribution >= 0.6 is 23.2 Å². The Labute approximate surface area is 126 Å². The summed E-state index contributed by atoms with van der Waals surface area (Å²) in [4.78, 5) is 0. The lowest BCUT2D eigenvalue weighted by atomic mass is 9.63. The van der Waals surface area contributed by atoms with Crippen molar-refractivity contribution in [1.82, 2.24) is 0 Å². The Morgan fingerprint density at radius 2 is 1.63 bits per heavy atom. The van der Waals surface area contributed by atoms with E-state index in [1.807, 2.05) is 12.1 Å². The predicted octanol–water partition coefficient (Wildman–Crippen LogP) is 6.01. The minimum absolute atomic E-state index is 0.373. The Bertz CT molecular complexity index is 450. The molecule has 2 rings (SSSR count). The number of anilines is 1. The first-order chi connectivity index (χ1) is 8.67. The van der Waals surface area contributed by atoms with E-state index < -0.39 is 0 Å². The summed E-state index contributed by atoms with van der Waals surface area (Å²) in [6.07, 6.45) is 3.62. The third-order valence-corrected chi connectivity index (χ3v) is 4.39. The molecule has 0 radical (unpaired) electrons. The van der Waals surface area contributed by atoms with Crippen molar-refractivity contribution in [3.8, 4) is 0 Å². The van der Waals surface area contributed by atoms with Crippen molar-refractivity contribution >= 4 is 28.9 Å². The van der Waals surface area contributed by atoms with E-state index in [1.165, 1.54) is 19.3 Å². The largest absolute Gasteiger partial charge is 0.381 e. The zero-order valence-electron chi connectivity index (χ0n) is 12.2. The first-order valence-corrected chi connectivity index (χ1v) is 7.64. The van der Waals surface area contributed by atoms with Crippen LogP contribution in [-0.4, -0.2) is 6.04 Å². The number of halogens is 2. The van der Waals surface area contributed by atoms with Gasteiger partial charge in [0.25, 0.3) is 0 Å². The molecule has 3 heteroatoms. The molecule has 1 N–H and O–H groups in total. The number of rotatable bonds is 2. The van der Waals surface area contributed by atoms with Gasteiger partial charge in [-0.2, -0.15) is 0 Å². The summed E-state index contributed by atoms with van der Waals surface area (Å²) >= 11 is 12.2. The highest BCUT2D eigenvalue weighted by atomic mass is 35.5. The second-order valence-electron chi connectivity index (χ2n) is 7.38. The summed E-state index contributed by atoms with van der Waals surface area (Å²) in [6.45, 7) is 9.41. The average Bonchev–Trinajstić information content (AvgIpc) is 2.17. The topological polar surface area (TPSA) is 12.0 Å². The van der Waals surface area contributed by atoms with Crippen LogP contribution in [0, 0.1) is 10.8 Å². The van der Waals surface area contributed by atoms with E-state index in [4.69, 9.17) is 23.2 Å². The van der Waals surface area contributed by atoms with Crippen LogP contribution in [0.4, 0.5) is 5.69 Å². The zero-order valence-corrected chi connectivity index (χ0v) is 13.7. The van der Waals surface area contributed by atoms with Gasteiger partial charge in [0, 0.05) is 11.1 Å². The summed E-state index contributed by atoms with van der Waals surface area (Å²) in [6, 6.07) is 6.12. The molecule has 1 nitrogen and oxygen atoms in total. The van der Waals surface area contributed by atoms with E-state index in [2.05, 4.69) is 33.0 Å². The van der Waals surface area contributed by atoms with Crippen molar-refractivity contribution in [2.45, 2.75) is 53.0 Å². The van der Waals surface area contributed by atoms with Gasteiger partial charge in [-0.1, -0.05) is 50.9 Å². The van der Waals surface area contributed by atoms with E-state index in [9.17, 15) is 0 Å². The third-order valence-electron chi connectivity index (χ3n) is 3.85. The molecular formula is C16H23Cl2N. The Balaban J connectivity index is 2.14. The van der Waals surface area contributed by atoms with Gasteiger partial charge >= 0.3 is 0 Å². The molecule has 0 unspecified atom stereocenters. The van der Waals surface area contributed by atoms with E-state index in [0.717, 1.165) is 5.69 Å². The highest BCUT2D eigenvalue weighted by molar-refractivity contribution is 6.36. The van der Waals surface area contributed by atoms with Crippen molar-refractivity contribution in [1.29, 1.82) is 0 Å². The van der Waals surface area contributed by atoms with Crippen molar-refractivity contribution in [2.24, 2.45) is 10.8 Å². The molecule has 1 aliphatic carbocycles. The van der Waals surface area contributed by atoms with E-state index in [-0.39, 0.29) is 0 Å². The second kappa shape index (κ2) is 5.18. The molecule has 19 heavy (non-hydrogen) atoms. The van der Waals surface area contributed by atoms with Crippen LogP contribution in [0.5, 0.6) is 0 Å². The van der Waals surface area contributed by atoms with Gasteiger partial charge in [-0.15, -0.1) is 0 Å². The molecule has 1 aliphatic rings. The minimum atomic E-state index is 0.373. The van der Waals surface area contributed by atoms with E-state index in [1.54, 1.807) is 6.07 Å². The minimum Gasteiger partial charge on any atom is -0.381 e. The summed E-state index contributed by atoms with van der Waals surface area (Å²) in [5.74, 6) is 0. The van der Waals surface area contributed by atoms with E-state index >= 15 is 0 Å². The van der Waals surface area contributed by atoms with Gasteiger partial charge in [-0.05, 0) is 48.3 Å². The van der Waals surface area contributed by atoms with Crippen LogP contribution in [0.1, 0.15) is 47.0 Å². The molecular weight excluding hydrogens is 277 g/mol. The Morgan fingerprint density at radius 1 is 1.05 bits per heavy atom. The van der Waals surface area contributed by atoms with Crippen molar-refractivity contribution in [2.75, 3.05) is 5.32 Å². The quantitative estimate of drug-likeness (QED) is 0.705. The average molecular weight is 300 g/mol. The summed E-state index contributed by atoms with van der Waals surface area (Å²) < 4.78 is 0. The lowest BCUT2D eigenvalue weighted by molar-refractivity contribution is 0.105. The van der Waals surface area contributed by atoms with Gasteiger partial charge in [-0.25, -0.2) is 0 Å². The number of hydrogen-bond donors (Lipinski definition) is 1. The molecule has 0 aliphatic heterocycles. The van der Waals surface area contributed by atoms with Gasteiger partial charge in [0.05, 0.1) is 10.7 Å². The van der Waals surface area contributed by atoms with Gasteiger partial charge in [0.15, 0.2) is 0 Å². The number of nitrogens with one attached hydrogen (secondary N) is 1. The summed E-state index contributed by atoms with van der Waals surface area (Å²) in [7, 11) is 0. The maximum atomic E-state index is 6.24. The molecule has 106 valence electrons. The van der Waals surface area contributed by atoms with Crippen molar-refractivity contribution < 1.29 is 0 Å². The van der Waals surface area contributed by atoms with Crippen LogP contribution in [-0.2, 0) is 0 Å². The van der Waals surface area contributed by atoms with Crippen LogP contribution in [0.3, 0.4) is 0 Å². The monoisotopic (exact) mass is 299 g/mol. The molecule has 0 bridgehead atoms. The molecule has 1 saturated carbocycles. The zero-order chi connectivity index (χ0) is 14.3. The molecule has 0 spiro atoms. The van der Waals surface area contributed by atoms with Crippen LogP contribution in [0.15, 0.2) is 18.2 Å². The molecule has 1 aromatic rings. The molecule has 0 heterocycles. The second-order valence-corrected chi connectivity index (χ2v) is 8.22. The van der Waals surface area contributed by atoms with Crippen LogP contribution in [0.25, 0.3) is 0 Å². The fraction of sp³-hybridized carbons (Fsp3) is 0.625. The molecule has 0 amide bonds. The molecule has 0 aromatic heterocycles. The maximum absolute atomic E-state index is 6.24. The normalized spacial score (nSPS) is 22.2. The van der Waals surface area contributed by atoms with Crippen molar-refractivity contribution in [3.05, 3.63) is 28.2 Å². The summed E-state index contributed by atoms with van der Waals surface area (Å²) in [5.41, 5.74) is 1.74. The van der Waals surface area contributed by atoms with Crippen LogP contribution in [0.2, 0.25) is 10.0 Å². The fourth-order valence-corrected chi connectivity index (χ4v) is 4.24. The number of hydrogen-bond acceptors (Lipinski definition) is 1. The summed E-state index contributed by atoms with van der Waals surface area (Å²) in [5, 5.41) is 4.98. The lowest BCUT2D eigenvalue weighted by Crippen LogP contribution is -2.40. The fourth-order valence-electron chi connectivity index (χ4n) is 3.77. The van der Waals surface area contributed by atoms with Gasteiger partial charge in [0.2, 0.25) is 0 Å². The van der Waals surface area contributed by atoms with E-state index in [0.29, 0.717) is 26.9 Å². The SMILES string of the molecule is CC1(C)CC(Nc2ccc(Cl)cc2Cl)CC(C)(C)C1. The van der Waals surface area contributed by atoms with Gasteiger partial charge in [0.1, 0.15) is 0 Å². The standard InChI is InChI=1S/C16H23Cl2N/c1-15(2)8-12(9-16(3,4)10-15)19-14-6-5-11(17)7-13(14)18/h5-7,12,19H,8-10H2,1-4H3. The Morgan fingerprint density at radius 3 is 2.16 bits per heavy atom. The number of benzene rings is 1. The van der Waals surface area contributed by atoms with Crippen molar-refractivity contribution in [3.63, 3.8) is 0 Å².